The van der Waals surface area contributed by atoms with Gasteiger partial charge in [-0.2, -0.15) is 0 Å². The van der Waals surface area contributed by atoms with E-state index in [1.165, 1.54) is 11.9 Å². The van der Waals surface area contributed by atoms with E-state index in [4.69, 9.17) is 16.3 Å². The predicted octanol–water partition coefficient (Wildman–Crippen LogP) is 2.29. The monoisotopic (exact) mass is 159 g/mol. The zero-order valence-electron chi connectivity index (χ0n) is 6.10. The average molecular weight is 160 g/mol. The van der Waals surface area contributed by atoms with E-state index in [1.807, 2.05) is 13.8 Å². The lowest BCUT2D eigenvalue weighted by Crippen LogP contribution is -2.19. The van der Waals surface area contributed by atoms with Crippen molar-refractivity contribution in [2.75, 3.05) is 0 Å². The molecule has 1 aliphatic rings. The molecule has 0 fully saturated rings. The third-order valence-electron chi connectivity index (χ3n) is 1.84. The van der Waals surface area contributed by atoms with Crippen LogP contribution in [0, 0.1) is 0 Å². The van der Waals surface area contributed by atoms with E-state index in [9.17, 15) is 0 Å². The lowest BCUT2D eigenvalue weighted by molar-refractivity contribution is 0.371. The van der Waals surface area contributed by atoms with Crippen LogP contribution in [-0.2, 0) is 4.74 Å². The van der Waals surface area contributed by atoms with E-state index in [0.29, 0.717) is 0 Å². The van der Waals surface area contributed by atoms with Gasteiger partial charge in [0.25, 0.3) is 0 Å². The summed E-state index contributed by atoms with van der Waals surface area (Å²) in [6.45, 7) is 4.04. The minimum absolute atomic E-state index is 0.220. The maximum absolute atomic E-state index is 5.50. The third kappa shape index (κ3) is 1.03. The molecule has 3 heteroatoms. The molecule has 0 radical (unpaired) electrons. The molecule has 1 heterocycles. The lowest BCUT2D eigenvalue weighted by atomic mass is 9.99. The fraction of sp³-hybridized carbons (Fsp3) is 0.571. The summed E-state index contributed by atoms with van der Waals surface area (Å²) in [5.41, 5.74) is 1.22. The summed E-state index contributed by atoms with van der Waals surface area (Å²) in [6, 6.07) is 0. The molecule has 0 bridgehead atoms. The summed E-state index contributed by atoms with van der Waals surface area (Å²) in [4.78, 5) is 4.14. The molecule has 1 aliphatic heterocycles. The molecule has 1 atom stereocenters. The fourth-order valence-corrected chi connectivity index (χ4v) is 1.09. The summed E-state index contributed by atoms with van der Waals surface area (Å²) in [6.07, 6.45) is 2.35. The first-order chi connectivity index (χ1) is 4.73. The van der Waals surface area contributed by atoms with Gasteiger partial charge < -0.3 is 4.74 Å². The standard InChI is InChI=1S/C7H10ClNO/c1-3-7(2)6(4-8)10-5-9-7/h4-5H,3H2,1-2H3. The van der Waals surface area contributed by atoms with Crippen LogP contribution < -0.4 is 0 Å². The smallest absolute Gasteiger partial charge is 0.177 e. The van der Waals surface area contributed by atoms with Gasteiger partial charge in [-0.25, -0.2) is 4.99 Å². The maximum Gasteiger partial charge on any atom is 0.177 e. The van der Waals surface area contributed by atoms with Gasteiger partial charge in [-0.1, -0.05) is 18.5 Å². The Morgan fingerprint density at radius 1 is 1.90 bits per heavy atom. The van der Waals surface area contributed by atoms with Crippen molar-refractivity contribution in [1.29, 1.82) is 0 Å². The van der Waals surface area contributed by atoms with Crippen LogP contribution in [0.4, 0.5) is 0 Å². The minimum atomic E-state index is -0.220. The van der Waals surface area contributed by atoms with Crippen LogP contribution in [0.1, 0.15) is 20.3 Å². The molecule has 0 aromatic carbocycles. The Kier molecular flexibility index (Phi) is 2.00. The second-order valence-electron chi connectivity index (χ2n) is 2.45. The minimum Gasteiger partial charge on any atom is -0.447 e. The Balaban J connectivity index is 2.84. The second kappa shape index (κ2) is 2.62. The fourth-order valence-electron chi connectivity index (χ4n) is 0.799. The Morgan fingerprint density at radius 3 is 3.00 bits per heavy atom. The summed E-state index contributed by atoms with van der Waals surface area (Å²) in [5.74, 6) is 0.733. The van der Waals surface area contributed by atoms with Crippen LogP contribution in [0.2, 0.25) is 0 Å². The number of ether oxygens (including phenoxy) is 1. The van der Waals surface area contributed by atoms with Crippen molar-refractivity contribution < 1.29 is 4.74 Å². The van der Waals surface area contributed by atoms with Gasteiger partial charge in [-0.05, 0) is 13.3 Å². The van der Waals surface area contributed by atoms with E-state index in [2.05, 4.69) is 4.99 Å². The maximum atomic E-state index is 5.50. The molecule has 0 aromatic rings. The van der Waals surface area contributed by atoms with Gasteiger partial charge in [0.2, 0.25) is 0 Å². The Morgan fingerprint density at radius 2 is 2.60 bits per heavy atom. The zero-order chi connectivity index (χ0) is 7.61. The molecular weight excluding hydrogens is 150 g/mol. The highest BCUT2D eigenvalue weighted by Gasteiger charge is 2.31. The molecule has 10 heavy (non-hydrogen) atoms. The first-order valence-electron chi connectivity index (χ1n) is 3.24. The topological polar surface area (TPSA) is 21.6 Å². The highest BCUT2D eigenvalue weighted by molar-refractivity contribution is 6.25. The van der Waals surface area contributed by atoms with Gasteiger partial charge in [0, 0.05) is 5.54 Å². The van der Waals surface area contributed by atoms with Crippen LogP contribution in [-0.4, -0.2) is 11.9 Å². The predicted molar refractivity (Wildman–Crippen MR) is 42.2 cm³/mol. The van der Waals surface area contributed by atoms with E-state index < -0.39 is 0 Å². The lowest BCUT2D eigenvalue weighted by Gasteiger charge is -2.16. The van der Waals surface area contributed by atoms with Crippen molar-refractivity contribution in [2.45, 2.75) is 25.8 Å². The highest BCUT2D eigenvalue weighted by atomic mass is 35.5. The number of hydrogen-bond acceptors (Lipinski definition) is 2. The molecule has 0 saturated heterocycles. The van der Waals surface area contributed by atoms with Gasteiger partial charge in [-0.15, -0.1) is 0 Å². The van der Waals surface area contributed by atoms with Crippen LogP contribution in [0.15, 0.2) is 16.3 Å². The summed E-state index contributed by atoms with van der Waals surface area (Å²) < 4.78 is 5.05. The molecule has 0 N–H and O–H groups in total. The third-order valence-corrected chi connectivity index (χ3v) is 2.03. The molecule has 1 rings (SSSR count). The van der Waals surface area contributed by atoms with Gasteiger partial charge in [0.15, 0.2) is 6.40 Å². The molecule has 0 aliphatic carbocycles. The van der Waals surface area contributed by atoms with E-state index >= 15 is 0 Å². The highest BCUT2D eigenvalue weighted by Crippen LogP contribution is 2.29. The Bertz CT molecular complexity index is 188. The van der Waals surface area contributed by atoms with Crippen molar-refractivity contribution in [3.05, 3.63) is 11.3 Å². The number of rotatable bonds is 1. The largest absolute Gasteiger partial charge is 0.447 e. The van der Waals surface area contributed by atoms with E-state index in [0.717, 1.165) is 12.2 Å². The Hall–Kier alpha value is -0.500. The number of hydrogen-bond donors (Lipinski definition) is 0. The number of halogens is 1. The normalized spacial score (nSPS) is 34.9. The van der Waals surface area contributed by atoms with Crippen LogP contribution in [0.3, 0.4) is 0 Å². The number of nitrogens with zero attached hydrogens (tertiary/aromatic N) is 1. The summed E-state index contributed by atoms with van der Waals surface area (Å²) in [5, 5.41) is 0. The van der Waals surface area contributed by atoms with Gasteiger partial charge in [0.05, 0.1) is 0 Å². The van der Waals surface area contributed by atoms with Crippen molar-refractivity contribution in [1.82, 2.24) is 0 Å². The molecule has 2 nitrogen and oxygen atoms in total. The Labute approximate surface area is 65.5 Å². The van der Waals surface area contributed by atoms with Crippen molar-refractivity contribution >= 4 is 18.0 Å². The molecule has 0 aromatic heterocycles. The van der Waals surface area contributed by atoms with Crippen molar-refractivity contribution in [2.24, 2.45) is 4.99 Å². The van der Waals surface area contributed by atoms with Crippen molar-refractivity contribution in [3.8, 4) is 0 Å². The molecule has 0 amide bonds. The molecule has 1 unspecified atom stereocenters. The van der Waals surface area contributed by atoms with Crippen LogP contribution in [0.25, 0.3) is 0 Å². The average Bonchev–Trinajstić information content (AvgIpc) is 2.32. The van der Waals surface area contributed by atoms with E-state index in [-0.39, 0.29) is 5.54 Å². The summed E-state index contributed by atoms with van der Waals surface area (Å²) >= 11 is 5.50. The van der Waals surface area contributed by atoms with Crippen LogP contribution in [0.5, 0.6) is 0 Å². The van der Waals surface area contributed by atoms with Crippen LogP contribution >= 0.6 is 11.6 Å². The van der Waals surface area contributed by atoms with Gasteiger partial charge >= 0.3 is 0 Å². The SMILES string of the molecule is CCC1(C)N=COC1=CCl. The quantitative estimate of drug-likeness (QED) is 0.575. The second-order valence-corrected chi connectivity index (χ2v) is 2.67. The van der Waals surface area contributed by atoms with Crippen molar-refractivity contribution in [3.63, 3.8) is 0 Å². The first-order valence-corrected chi connectivity index (χ1v) is 3.68. The zero-order valence-corrected chi connectivity index (χ0v) is 6.85. The first kappa shape index (κ1) is 7.61. The number of aliphatic imine (C=N–C) groups is 1. The molecule has 0 spiro atoms. The molecule has 56 valence electrons. The molecule has 0 saturated carbocycles. The van der Waals surface area contributed by atoms with Gasteiger partial charge in [0.1, 0.15) is 11.3 Å². The van der Waals surface area contributed by atoms with E-state index in [1.54, 1.807) is 0 Å². The van der Waals surface area contributed by atoms with Gasteiger partial charge in [-0.3, -0.25) is 0 Å². The molecular formula is C7H10ClNO. The summed E-state index contributed by atoms with van der Waals surface area (Å²) in [7, 11) is 0.